The van der Waals surface area contributed by atoms with Crippen LogP contribution in [0, 0.1) is 33.5 Å². The van der Waals surface area contributed by atoms with Crippen LogP contribution in [0.5, 0.6) is 0 Å². The lowest BCUT2D eigenvalue weighted by molar-refractivity contribution is -0.177. The van der Waals surface area contributed by atoms with Gasteiger partial charge in [0.2, 0.25) is 5.91 Å². The molecule has 0 aromatic heterocycles. The van der Waals surface area contributed by atoms with Gasteiger partial charge in [-0.15, -0.1) is 0 Å². The topological polar surface area (TPSA) is 81.1 Å². The van der Waals surface area contributed by atoms with E-state index in [-0.39, 0.29) is 40.0 Å². The molecule has 220 valence electrons. The number of aliphatic hydroxyl groups is 2. The van der Waals surface area contributed by atoms with Gasteiger partial charge >= 0.3 is 0 Å². The summed E-state index contributed by atoms with van der Waals surface area (Å²) in [7, 11) is 0. The number of carbonyl (C=O) groups is 2. The van der Waals surface area contributed by atoms with E-state index in [1.165, 1.54) is 0 Å². The molecule has 1 unspecified atom stereocenters. The fourth-order valence-corrected chi connectivity index (χ4v) is 10.9. The summed E-state index contributed by atoms with van der Waals surface area (Å²) in [6.07, 6.45) is 12.7. The van der Waals surface area contributed by atoms with Crippen molar-refractivity contribution in [1.29, 1.82) is 0 Å². The lowest BCUT2D eigenvalue weighted by Crippen LogP contribution is -2.67. The van der Waals surface area contributed by atoms with Crippen LogP contribution >= 0.6 is 0 Å². The first-order valence-corrected chi connectivity index (χ1v) is 15.9. The monoisotopic (exact) mass is 558 g/mol. The third-order valence-corrected chi connectivity index (χ3v) is 13.3. The van der Waals surface area contributed by atoms with Gasteiger partial charge in [0.15, 0.2) is 5.78 Å². The first-order valence-electron chi connectivity index (χ1n) is 15.9. The molecular weight excluding hydrogens is 512 g/mol. The van der Waals surface area contributed by atoms with E-state index < -0.39 is 11.0 Å². The Morgan fingerprint density at radius 3 is 2.27 bits per heavy atom. The van der Waals surface area contributed by atoms with Crippen molar-refractivity contribution in [2.45, 2.75) is 77.4 Å². The summed E-state index contributed by atoms with van der Waals surface area (Å²) in [4.78, 5) is 30.6. The molecule has 1 aromatic rings. The lowest BCUT2D eigenvalue weighted by atomic mass is 9.32. The summed E-state index contributed by atoms with van der Waals surface area (Å²) in [5, 5.41) is 23.4. The summed E-state index contributed by atoms with van der Waals surface area (Å²) in [5.41, 5.74) is -0.285. The predicted molar refractivity (Wildman–Crippen MR) is 158 cm³/mol. The van der Waals surface area contributed by atoms with E-state index in [2.05, 4.69) is 37.0 Å². The minimum atomic E-state index is -0.847. The van der Waals surface area contributed by atoms with Crippen molar-refractivity contribution in [3.05, 3.63) is 59.7 Å². The smallest absolute Gasteiger partial charge is 0.219 e. The molecule has 2 N–H and O–H groups in total. The SMILES string of the molecule is CC(=O)N1CCN(C[C@]2(O)CC[C@H]3[C@]45C=C[C@@]6(C=C4C(=O)c4ccccc4)CC(O)CC[C@]6(C)[C@H]5CC[C@@]32C)CC1. The van der Waals surface area contributed by atoms with Crippen LogP contribution in [-0.2, 0) is 4.79 Å². The third-order valence-electron chi connectivity index (χ3n) is 13.3. The molecule has 6 heteroatoms. The van der Waals surface area contributed by atoms with Gasteiger partial charge in [0, 0.05) is 67.0 Å². The van der Waals surface area contributed by atoms with Gasteiger partial charge in [-0.25, -0.2) is 0 Å². The van der Waals surface area contributed by atoms with Crippen LogP contribution in [0.15, 0.2) is 54.1 Å². The Labute approximate surface area is 244 Å². The molecule has 3 saturated carbocycles. The highest BCUT2D eigenvalue weighted by Gasteiger charge is 2.74. The number of aliphatic hydroxyl groups excluding tert-OH is 1. The zero-order valence-corrected chi connectivity index (χ0v) is 24.9. The summed E-state index contributed by atoms with van der Waals surface area (Å²) in [5.74, 6) is 0.702. The summed E-state index contributed by atoms with van der Waals surface area (Å²) in [6.45, 7) is 10.00. The van der Waals surface area contributed by atoms with Gasteiger partial charge in [-0.05, 0) is 62.2 Å². The molecule has 7 aliphatic rings. The Hall–Kier alpha value is -2.28. The normalized spacial score (nSPS) is 45.0. The van der Waals surface area contributed by atoms with Gasteiger partial charge in [-0.3, -0.25) is 14.5 Å². The number of carbonyl (C=O) groups excluding carboxylic acids is 2. The molecule has 1 amide bonds. The Morgan fingerprint density at radius 2 is 1.56 bits per heavy atom. The van der Waals surface area contributed by atoms with E-state index in [9.17, 15) is 19.8 Å². The van der Waals surface area contributed by atoms with Crippen molar-refractivity contribution in [3.8, 4) is 0 Å². The zero-order valence-electron chi connectivity index (χ0n) is 24.9. The number of fused-ring (bicyclic) bond motifs is 1. The first-order chi connectivity index (χ1) is 19.5. The molecule has 41 heavy (non-hydrogen) atoms. The molecule has 1 aliphatic heterocycles. The maximum atomic E-state index is 14.5. The quantitative estimate of drug-likeness (QED) is 0.416. The number of benzene rings is 1. The van der Waals surface area contributed by atoms with Crippen molar-refractivity contribution in [1.82, 2.24) is 9.80 Å². The molecule has 2 bridgehead atoms. The molecular formula is C35H46N2O4. The second-order valence-electron chi connectivity index (χ2n) is 14.8. The van der Waals surface area contributed by atoms with Gasteiger partial charge in [0.25, 0.3) is 0 Å². The molecule has 6 aliphatic carbocycles. The molecule has 4 fully saturated rings. The fraction of sp³-hybridized carbons (Fsp3) is 0.657. The second kappa shape index (κ2) is 9.11. The van der Waals surface area contributed by atoms with Crippen LogP contribution in [0.2, 0.25) is 0 Å². The number of Topliss-reactive ketones (excluding diaryl/α,β-unsaturated/α-hetero) is 1. The molecule has 0 radical (unpaired) electrons. The van der Waals surface area contributed by atoms with Gasteiger partial charge in [0.1, 0.15) is 0 Å². The van der Waals surface area contributed by atoms with Crippen molar-refractivity contribution in [2.24, 2.45) is 33.5 Å². The standard InChI is InChI=1S/C35H46N2O4/c1-24(38)37-19-17-36(18-20-37)23-34(41)14-11-29-32(34,3)13-10-28-31(2)12-9-26(39)21-33(31)15-16-35(28,29)27(22-33)30(40)25-7-5-4-6-8-25/h4-8,15-16,22,26,28-29,39,41H,9-14,17-21,23H2,1-3H3/t26?,28-,29-,31-,32+,33+,34-,35-/m1/s1. The number of amides is 1. The first kappa shape index (κ1) is 27.5. The summed E-state index contributed by atoms with van der Waals surface area (Å²) < 4.78 is 0. The Balaban J connectivity index is 1.29. The van der Waals surface area contributed by atoms with E-state index in [1.807, 2.05) is 35.2 Å². The van der Waals surface area contributed by atoms with E-state index in [1.54, 1.807) is 6.92 Å². The van der Waals surface area contributed by atoms with E-state index in [0.29, 0.717) is 32.0 Å². The highest BCUT2D eigenvalue weighted by Crippen LogP contribution is 2.78. The molecule has 1 aromatic carbocycles. The number of piperazine rings is 1. The van der Waals surface area contributed by atoms with Gasteiger partial charge in [-0.2, -0.15) is 0 Å². The van der Waals surface area contributed by atoms with Crippen molar-refractivity contribution in [2.75, 3.05) is 32.7 Å². The Morgan fingerprint density at radius 1 is 0.902 bits per heavy atom. The average molecular weight is 559 g/mol. The van der Waals surface area contributed by atoms with E-state index in [4.69, 9.17) is 0 Å². The van der Waals surface area contributed by atoms with E-state index >= 15 is 0 Å². The molecule has 6 nitrogen and oxygen atoms in total. The third kappa shape index (κ3) is 3.59. The number of rotatable bonds is 4. The number of hydrogen-bond donors (Lipinski definition) is 2. The lowest BCUT2D eigenvalue weighted by Gasteiger charge is -2.71. The van der Waals surface area contributed by atoms with Gasteiger partial charge in [-0.1, -0.05) is 62.4 Å². The number of β-amino-alcohol motifs (C(OH)–C–C–N with tert-alkyl or cyclic N) is 1. The second-order valence-corrected chi connectivity index (χ2v) is 14.8. The Bertz CT molecular complexity index is 1320. The van der Waals surface area contributed by atoms with Gasteiger partial charge in [0.05, 0.1) is 11.7 Å². The molecule has 1 heterocycles. The number of hydrogen-bond acceptors (Lipinski definition) is 5. The van der Waals surface area contributed by atoms with Crippen LogP contribution in [0.25, 0.3) is 0 Å². The van der Waals surface area contributed by atoms with Crippen LogP contribution in [0.4, 0.5) is 0 Å². The summed E-state index contributed by atoms with van der Waals surface area (Å²) >= 11 is 0. The molecule has 8 rings (SSSR count). The number of nitrogens with zero attached hydrogens (tertiary/aromatic N) is 2. The molecule has 8 atom stereocenters. The maximum absolute atomic E-state index is 14.5. The summed E-state index contributed by atoms with van der Waals surface area (Å²) in [6, 6.07) is 9.70. The zero-order chi connectivity index (χ0) is 28.8. The predicted octanol–water partition coefficient (Wildman–Crippen LogP) is 4.62. The highest BCUT2D eigenvalue weighted by atomic mass is 16.3. The fourth-order valence-electron chi connectivity index (χ4n) is 10.9. The molecule has 1 saturated heterocycles. The maximum Gasteiger partial charge on any atom is 0.219 e. The van der Waals surface area contributed by atoms with Gasteiger partial charge < -0.3 is 15.1 Å². The van der Waals surface area contributed by atoms with E-state index in [0.717, 1.165) is 62.8 Å². The average Bonchev–Trinajstić information content (AvgIpc) is 3.23. The van der Waals surface area contributed by atoms with Crippen LogP contribution in [-0.4, -0.2) is 76.1 Å². The highest BCUT2D eigenvalue weighted by molar-refractivity contribution is 6.10. The number of allylic oxidation sites excluding steroid dienone is 4. The Kier molecular flexibility index (Phi) is 6.12. The van der Waals surface area contributed by atoms with Crippen LogP contribution in [0.1, 0.15) is 76.1 Å². The van der Waals surface area contributed by atoms with Crippen molar-refractivity contribution >= 4 is 11.7 Å². The molecule has 2 spiro atoms. The van der Waals surface area contributed by atoms with Crippen molar-refractivity contribution < 1.29 is 19.8 Å². The van der Waals surface area contributed by atoms with Crippen LogP contribution in [0.3, 0.4) is 0 Å². The minimum Gasteiger partial charge on any atom is -0.393 e. The van der Waals surface area contributed by atoms with Crippen molar-refractivity contribution in [3.63, 3.8) is 0 Å². The minimum absolute atomic E-state index is 0.0213. The number of ketones is 1. The van der Waals surface area contributed by atoms with Crippen LogP contribution < -0.4 is 0 Å². The largest absolute Gasteiger partial charge is 0.393 e.